The highest BCUT2D eigenvalue weighted by molar-refractivity contribution is 8.17. The molecule has 0 unspecified atom stereocenters. The average Bonchev–Trinajstić information content (AvgIpc) is 3.20. The van der Waals surface area contributed by atoms with Crippen molar-refractivity contribution in [1.29, 1.82) is 0 Å². The average molecular weight is 324 g/mol. The summed E-state index contributed by atoms with van der Waals surface area (Å²) in [7, 11) is 0. The minimum Gasteiger partial charge on any atom is -0.377 e. The van der Waals surface area contributed by atoms with Gasteiger partial charge in [-0.1, -0.05) is 23.5 Å². The summed E-state index contributed by atoms with van der Waals surface area (Å²) >= 11 is 3.53. The Kier molecular flexibility index (Phi) is 2.99. The van der Waals surface area contributed by atoms with Crippen molar-refractivity contribution in [1.82, 2.24) is 10.2 Å². The standard InChI is InChI=1S/C13H16N4O2S2/c1-8-9(2-18-1)15-12(14-8)20-5-7-6-21-13-16-10-3-19-4-11(10)17(7)13/h6,8-11H,1-5H2,(H,14,15)/t8-,9-,10+,11-/m1/s1. The molecule has 0 aromatic carbocycles. The van der Waals surface area contributed by atoms with Crippen molar-refractivity contribution in [2.24, 2.45) is 9.98 Å². The van der Waals surface area contributed by atoms with Gasteiger partial charge in [0.2, 0.25) is 0 Å². The predicted molar refractivity (Wildman–Crippen MR) is 84.8 cm³/mol. The number of hydrogen-bond acceptors (Lipinski definition) is 8. The molecule has 0 amide bonds. The van der Waals surface area contributed by atoms with Crippen molar-refractivity contribution in [3.8, 4) is 0 Å². The van der Waals surface area contributed by atoms with E-state index in [1.54, 1.807) is 23.5 Å². The van der Waals surface area contributed by atoms with Crippen LogP contribution in [0.25, 0.3) is 0 Å². The van der Waals surface area contributed by atoms with Gasteiger partial charge in [0.25, 0.3) is 0 Å². The van der Waals surface area contributed by atoms with E-state index in [-0.39, 0.29) is 0 Å². The lowest BCUT2D eigenvalue weighted by atomic mass is 10.2. The summed E-state index contributed by atoms with van der Waals surface area (Å²) < 4.78 is 11.0. The number of hydrogen-bond donors (Lipinski definition) is 1. The second-order valence-corrected chi connectivity index (χ2v) is 7.56. The van der Waals surface area contributed by atoms with E-state index >= 15 is 0 Å². The van der Waals surface area contributed by atoms with Gasteiger partial charge in [0, 0.05) is 11.4 Å². The summed E-state index contributed by atoms with van der Waals surface area (Å²) in [5, 5.41) is 7.89. The van der Waals surface area contributed by atoms with Crippen LogP contribution >= 0.6 is 23.5 Å². The van der Waals surface area contributed by atoms with E-state index in [9.17, 15) is 0 Å². The normalized spacial score (nSPS) is 39.6. The predicted octanol–water partition coefficient (Wildman–Crippen LogP) is 0.473. The van der Waals surface area contributed by atoms with Gasteiger partial charge in [0.1, 0.15) is 0 Å². The molecule has 8 heteroatoms. The fourth-order valence-electron chi connectivity index (χ4n) is 3.33. The molecule has 5 heterocycles. The number of aliphatic imine (C=N–C) groups is 2. The van der Waals surface area contributed by atoms with Gasteiger partial charge in [0.05, 0.1) is 50.6 Å². The number of fused-ring (bicyclic) bond motifs is 4. The van der Waals surface area contributed by atoms with E-state index in [1.807, 2.05) is 0 Å². The van der Waals surface area contributed by atoms with Crippen LogP contribution in [0.4, 0.5) is 0 Å². The molecule has 0 aliphatic carbocycles. The van der Waals surface area contributed by atoms with Crippen LogP contribution in [0.3, 0.4) is 0 Å². The molecular formula is C13H16N4O2S2. The molecule has 0 aromatic heterocycles. The Labute approximate surface area is 131 Å². The summed E-state index contributed by atoms with van der Waals surface area (Å²) in [5.74, 6) is 0.932. The zero-order valence-corrected chi connectivity index (χ0v) is 13.0. The monoisotopic (exact) mass is 324 g/mol. The van der Waals surface area contributed by atoms with Crippen molar-refractivity contribution in [2.45, 2.75) is 24.2 Å². The van der Waals surface area contributed by atoms with Gasteiger partial charge in [-0.05, 0) is 5.41 Å². The van der Waals surface area contributed by atoms with Crippen LogP contribution < -0.4 is 5.32 Å². The summed E-state index contributed by atoms with van der Waals surface area (Å²) in [6, 6.07) is 1.44. The zero-order valence-electron chi connectivity index (χ0n) is 11.4. The molecule has 6 nitrogen and oxygen atoms in total. The molecule has 112 valence electrons. The van der Waals surface area contributed by atoms with Crippen molar-refractivity contribution in [3.05, 3.63) is 11.1 Å². The SMILES string of the molecule is C1=C(CSC2=N[C@@H]3COC[C@H]3N2)N2C(=N[C@H]3COC[C@H]32)S1. The largest absolute Gasteiger partial charge is 0.377 e. The van der Waals surface area contributed by atoms with Crippen LogP contribution in [0.2, 0.25) is 0 Å². The Balaban J connectivity index is 1.25. The number of thioether (sulfide) groups is 2. The van der Waals surface area contributed by atoms with E-state index < -0.39 is 0 Å². The molecule has 0 radical (unpaired) electrons. The number of rotatable bonds is 2. The lowest BCUT2D eigenvalue weighted by Crippen LogP contribution is -2.37. The molecule has 4 atom stereocenters. The van der Waals surface area contributed by atoms with E-state index in [0.717, 1.165) is 42.5 Å². The van der Waals surface area contributed by atoms with Crippen LogP contribution in [-0.2, 0) is 9.47 Å². The maximum atomic E-state index is 5.55. The Bertz CT molecular complexity index is 564. The van der Waals surface area contributed by atoms with Gasteiger partial charge in [-0.2, -0.15) is 0 Å². The highest BCUT2D eigenvalue weighted by Crippen LogP contribution is 2.38. The first-order valence-corrected chi connectivity index (χ1v) is 9.10. The molecule has 5 rings (SSSR count). The van der Waals surface area contributed by atoms with E-state index in [4.69, 9.17) is 19.5 Å². The maximum Gasteiger partial charge on any atom is 0.168 e. The second kappa shape index (κ2) is 4.91. The van der Waals surface area contributed by atoms with Crippen molar-refractivity contribution >= 4 is 33.9 Å². The Morgan fingerprint density at radius 1 is 1.24 bits per heavy atom. The Hall–Kier alpha value is -0.700. The van der Waals surface area contributed by atoms with Gasteiger partial charge >= 0.3 is 0 Å². The highest BCUT2D eigenvalue weighted by Gasteiger charge is 2.44. The smallest absolute Gasteiger partial charge is 0.168 e. The Morgan fingerprint density at radius 3 is 3.10 bits per heavy atom. The van der Waals surface area contributed by atoms with Crippen LogP contribution in [0, 0.1) is 0 Å². The number of amidine groups is 2. The lowest BCUT2D eigenvalue weighted by molar-refractivity contribution is 0.178. The van der Waals surface area contributed by atoms with Crippen LogP contribution in [0.5, 0.6) is 0 Å². The summed E-state index contributed by atoms with van der Waals surface area (Å²) in [5.41, 5.74) is 1.33. The van der Waals surface area contributed by atoms with Crippen LogP contribution in [0.1, 0.15) is 0 Å². The first-order chi connectivity index (χ1) is 10.4. The fraction of sp³-hybridized carbons (Fsp3) is 0.692. The lowest BCUT2D eigenvalue weighted by Gasteiger charge is -2.23. The molecule has 2 fully saturated rings. The molecule has 0 spiro atoms. The van der Waals surface area contributed by atoms with Gasteiger partial charge in [-0.25, -0.2) is 0 Å². The third-order valence-corrected chi connectivity index (χ3v) is 6.28. The maximum absolute atomic E-state index is 5.55. The molecule has 0 aromatic rings. The third-order valence-electron chi connectivity index (χ3n) is 4.44. The molecule has 1 N–H and O–H groups in total. The van der Waals surface area contributed by atoms with Gasteiger partial charge < -0.3 is 19.7 Å². The van der Waals surface area contributed by atoms with E-state index in [1.165, 1.54) is 5.70 Å². The summed E-state index contributed by atoms with van der Waals surface area (Å²) in [4.78, 5) is 11.8. The molecule has 2 saturated heterocycles. The molecule has 0 bridgehead atoms. The molecular weight excluding hydrogens is 308 g/mol. The zero-order chi connectivity index (χ0) is 13.8. The Morgan fingerprint density at radius 2 is 2.14 bits per heavy atom. The first-order valence-electron chi connectivity index (χ1n) is 7.24. The molecule has 5 aliphatic rings. The van der Waals surface area contributed by atoms with Crippen molar-refractivity contribution in [2.75, 3.05) is 32.2 Å². The fourth-order valence-corrected chi connectivity index (χ4v) is 5.39. The number of nitrogens with zero attached hydrogens (tertiary/aromatic N) is 3. The van der Waals surface area contributed by atoms with E-state index in [2.05, 4.69) is 15.6 Å². The molecule has 0 saturated carbocycles. The molecule has 5 aliphatic heterocycles. The van der Waals surface area contributed by atoms with Crippen molar-refractivity contribution in [3.63, 3.8) is 0 Å². The number of nitrogens with one attached hydrogen (secondary N) is 1. The summed E-state index contributed by atoms with van der Waals surface area (Å²) in [6.07, 6.45) is 0. The van der Waals surface area contributed by atoms with Gasteiger partial charge in [-0.15, -0.1) is 0 Å². The number of ether oxygens (including phenoxy) is 2. The van der Waals surface area contributed by atoms with Crippen LogP contribution in [-0.4, -0.2) is 71.6 Å². The van der Waals surface area contributed by atoms with Gasteiger partial charge in [0.15, 0.2) is 10.3 Å². The minimum absolute atomic E-state index is 0.316. The molecule has 21 heavy (non-hydrogen) atoms. The third kappa shape index (κ3) is 2.03. The second-order valence-electron chi connectivity index (χ2n) is 5.76. The first kappa shape index (κ1) is 12.8. The van der Waals surface area contributed by atoms with Crippen LogP contribution in [0.15, 0.2) is 21.1 Å². The van der Waals surface area contributed by atoms with Gasteiger partial charge in [-0.3, -0.25) is 9.98 Å². The van der Waals surface area contributed by atoms with E-state index in [0.29, 0.717) is 24.2 Å². The van der Waals surface area contributed by atoms with Crippen molar-refractivity contribution < 1.29 is 9.47 Å². The minimum atomic E-state index is 0.316. The topological polar surface area (TPSA) is 58.5 Å². The quantitative estimate of drug-likeness (QED) is 0.797. The highest BCUT2D eigenvalue weighted by atomic mass is 32.2. The summed E-state index contributed by atoms with van der Waals surface area (Å²) in [6.45, 7) is 3.09.